The lowest BCUT2D eigenvalue weighted by Gasteiger charge is -2.20. The van der Waals surface area contributed by atoms with Gasteiger partial charge < -0.3 is 5.73 Å². The van der Waals surface area contributed by atoms with Crippen molar-refractivity contribution in [2.45, 2.75) is 18.7 Å². The number of nitrogen functional groups attached to an aromatic ring is 1. The van der Waals surface area contributed by atoms with E-state index in [1.807, 2.05) is 32.0 Å². The lowest BCUT2D eigenvalue weighted by molar-refractivity contribution is 0.594. The molecule has 0 aromatic heterocycles. The van der Waals surface area contributed by atoms with E-state index in [9.17, 15) is 8.42 Å². The van der Waals surface area contributed by atoms with E-state index < -0.39 is 10.0 Å². The molecule has 0 saturated carbocycles. The highest BCUT2D eigenvalue weighted by Gasteiger charge is 2.21. The number of hydrogen-bond acceptors (Lipinski definition) is 3. The minimum Gasteiger partial charge on any atom is -0.398 e. The van der Waals surface area contributed by atoms with E-state index >= 15 is 0 Å². The Bertz CT molecular complexity index is 739. The molecule has 0 bridgehead atoms. The number of aryl methyl sites for hydroxylation is 2. The Kier molecular flexibility index (Phi) is 3.72. The van der Waals surface area contributed by atoms with Gasteiger partial charge in [-0.15, -0.1) is 0 Å². The molecule has 0 aliphatic heterocycles. The SMILES string of the molecule is Cc1cccc(N(C)S(=O)(=O)c2ccc(C)c(N)c2)c1. The Balaban J connectivity index is 2.46. The zero-order valence-electron chi connectivity index (χ0n) is 11.8. The molecule has 0 radical (unpaired) electrons. The highest BCUT2D eigenvalue weighted by molar-refractivity contribution is 7.92. The van der Waals surface area contributed by atoms with Crippen LogP contribution in [0.3, 0.4) is 0 Å². The quantitative estimate of drug-likeness (QED) is 0.884. The molecule has 20 heavy (non-hydrogen) atoms. The van der Waals surface area contributed by atoms with Crippen molar-refractivity contribution >= 4 is 21.4 Å². The molecule has 2 N–H and O–H groups in total. The summed E-state index contributed by atoms with van der Waals surface area (Å²) in [5, 5.41) is 0. The van der Waals surface area contributed by atoms with E-state index in [0.29, 0.717) is 11.4 Å². The maximum Gasteiger partial charge on any atom is 0.264 e. The van der Waals surface area contributed by atoms with Gasteiger partial charge >= 0.3 is 0 Å². The van der Waals surface area contributed by atoms with E-state index in [4.69, 9.17) is 5.73 Å². The monoisotopic (exact) mass is 290 g/mol. The molecule has 2 rings (SSSR count). The van der Waals surface area contributed by atoms with Gasteiger partial charge in [0.15, 0.2) is 0 Å². The second-order valence-electron chi connectivity index (χ2n) is 4.83. The fourth-order valence-electron chi connectivity index (χ4n) is 1.90. The van der Waals surface area contributed by atoms with Crippen LogP contribution in [0.4, 0.5) is 11.4 Å². The number of nitrogens with two attached hydrogens (primary N) is 1. The van der Waals surface area contributed by atoms with Crippen LogP contribution in [-0.2, 0) is 10.0 Å². The highest BCUT2D eigenvalue weighted by Crippen LogP contribution is 2.24. The maximum absolute atomic E-state index is 12.6. The summed E-state index contributed by atoms with van der Waals surface area (Å²) in [5.41, 5.74) is 8.77. The zero-order chi connectivity index (χ0) is 14.9. The third-order valence-corrected chi connectivity index (χ3v) is 5.06. The number of hydrogen-bond donors (Lipinski definition) is 1. The van der Waals surface area contributed by atoms with Crippen LogP contribution in [0.15, 0.2) is 47.4 Å². The molecule has 5 heteroatoms. The number of rotatable bonds is 3. The van der Waals surface area contributed by atoms with Crippen LogP contribution in [0.25, 0.3) is 0 Å². The largest absolute Gasteiger partial charge is 0.398 e. The molecule has 2 aromatic rings. The van der Waals surface area contributed by atoms with Gasteiger partial charge in [0.25, 0.3) is 10.0 Å². The molecule has 0 aliphatic carbocycles. The normalized spacial score (nSPS) is 11.3. The predicted molar refractivity (Wildman–Crippen MR) is 82.4 cm³/mol. The molecule has 0 spiro atoms. The van der Waals surface area contributed by atoms with Crippen molar-refractivity contribution in [2.75, 3.05) is 17.1 Å². The van der Waals surface area contributed by atoms with E-state index in [0.717, 1.165) is 11.1 Å². The summed E-state index contributed by atoms with van der Waals surface area (Å²) >= 11 is 0. The average molecular weight is 290 g/mol. The van der Waals surface area contributed by atoms with Crippen LogP contribution in [0.1, 0.15) is 11.1 Å². The molecule has 0 fully saturated rings. The van der Waals surface area contributed by atoms with Crippen molar-refractivity contribution in [1.82, 2.24) is 0 Å². The fourth-order valence-corrected chi connectivity index (χ4v) is 3.12. The molecule has 2 aromatic carbocycles. The molecule has 0 saturated heterocycles. The van der Waals surface area contributed by atoms with Crippen molar-refractivity contribution in [2.24, 2.45) is 0 Å². The minimum absolute atomic E-state index is 0.199. The van der Waals surface area contributed by atoms with Crippen LogP contribution >= 0.6 is 0 Å². The molecule has 0 unspecified atom stereocenters. The third kappa shape index (κ3) is 2.63. The lowest BCUT2D eigenvalue weighted by Crippen LogP contribution is -2.26. The predicted octanol–water partition coefficient (Wildman–Crippen LogP) is 2.71. The summed E-state index contributed by atoms with van der Waals surface area (Å²) in [7, 11) is -2.05. The van der Waals surface area contributed by atoms with Crippen LogP contribution < -0.4 is 10.0 Å². The molecule has 0 heterocycles. The topological polar surface area (TPSA) is 63.4 Å². The van der Waals surface area contributed by atoms with E-state index in [2.05, 4.69) is 0 Å². The third-order valence-electron chi connectivity index (χ3n) is 3.27. The van der Waals surface area contributed by atoms with Crippen molar-refractivity contribution in [3.8, 4) is 0 Å². The van der Waals surface area contributed by atoms with Gasteiger partial charge in [0.05, 0.1) is 10.6 Å². The lowest BCUT2D eigenvalue weighted by atomic mass is 10.2. The Hall–Kier alpha value is -2.01. The molecule has 0 amide bonds. The fraction of sp³-hybridized carbons (Fsp3) is 0.200. The van der Waals surface area contributed by atoms with E-state index in [-0.39, 0.29) is 4.90 Å². The summed E-state index contributed by atoms with van der Waals surface area (Å²) in [6, 6.07) is 12.1. The molecule has 0 atom stereocenters. The second-order valence-corrected chi connectivity index (χ2v) is 6.80. The van der Waals surface area contributed by atoms with Gasteiger partial charge in [-0.2, -0.15) is 0 Å². The summed E-state index contributed by atoms with van der Waals surface area (Å²) in [6.45, 7) is 3.77. The molecule has 4 nitrogen and oxygen atoms in total. The van der Waals surface area contributed by atoms with E-state index in [1.54, 1.807) is 25.2 Å². The Morgan fingerprint density at radius 1 is 1.05 bits per heavy atom. The van der Waals surface area contributed by atoms with Crippen molar-refractivity contribution < 1.29 is 8.42 Å². The van der Waals surface area contributed by atoms with Crippen LogP contribution in [0.5, 0.6) is 0 Å². The van der Waals surface area contributed by atoms with Crippen LogP contribution in [-0.4, -0.2) is 15.5 Å². The second kappa shape index (κ2) is 5.17. The molecule has 0 aliphatic rings. The van der Waals surface area contributed by atoms with Gasteiger partial charge in [0.2, 0.25) is 0 Å². The van der Waals surface area contributed by atoms with Gasteiger partial charge in [-0.25, -0.2) is 8.42 Å². The number of sulfonamides is 1. The first kappa shape index (κ1) is 14.4. The highest BCUT2D eigenvalue weighted by atomic mass is 32.2. The smallest absolute Gasteiger partial charge is 0.264 e. The summed E-state index contributed by atoms with van der Waals surface area (Å²) in [6.07, 6.45) is 0. The molecular formula is C15H18N2O2S. The zero-order valence-corrected chi connectivity index (χ0v) is 12.6. The first-order valence-corrected chi connectivity index (χ1v) is 7.68. The van der Waals surface area contributed by atoms with E-state index in [1.165, 1.54) is 10.4 Å². The number of benzene rings is 2. The van der Waals surface area contributed by atoms with Gasteiger partial charge in [-0.1, -0.05) is 18.2 Å². The van der Waals surface area contributed by atoms with Gasteiger partial charge in [-0.05, 0) is 49.2 Å². The number of nitrogens with zero attached hydrogens (tertiary/aromatic N) is 1. The van der Waals surface area contributed by atoms with Crippen molar-refractivity contribution in [1.29, 1.82) is 0 Å². The first-order valence-electron chi connectivity index (χ1n) is 6.24. The van der Waals surface area contributed by atoms with Gasteiger partial charge in [0.1, 0.15) is 0 Å². The Morgan fingerprint density at radius 3 is 2.35 bits per heavy atom. The minimum atomic E-state index is -3.59. The Labute approximate surface area is 119 Å². The molecular weight excluding hydrogens is 272 g/mol. The average Bonchev–Trinajstić information content (AvgIpc) is 2.40. The molecule has 106 valence electrons. The summed E-state index contributed by atoms with van der Waals surface area (Å²) < 4.78 is 26.4. The maximum atomic E-state index is 12.6. The standard InChI is InChI=1S/C15H18N2O2S/c1-11-5-4-6-13(9-11)17(3)20(18,19)14-8-7-12(2)15(16)10-14/h4-10H,16H2,1-3H3. The Morgan fingerprint density at radius 2 is 1.75 bits per heavy atom. The summed E-state index contributed by atoms with van der Waals surface area (Å²) in [5.74, 6) is 0. The first-order chi connectivity index (χ1) is 9.32. The summed E-state index contributed by atoms with van der Waals surface area (Å²) in [4.78, 5) is 0.199. The van der Waals surface area contributed by atoms with Crippen LogP contribution in [0.2, 0.25) is 0 Å². The van der Waals surface area contributed by atoms with Gasteiger partial charge in [0, 0.05) is 12.7 Å². The van der Waals surface area contributed by atoms with Gasteiger partial charge in [-0.3, -0.25) is 4.31 Å². The van der Waals surface area contributed by atoms with Crippen molar-refractivity contribution in [3.05, 3.63) is 53.6 Å². The number of anilines is 2. The van der Waals surface area contributed by atoms with Crippen molar-refractivity contribution in [3.63, 3.8) is 0 Å². The van der Waals surface area contributed by atoms with Crippen LogP contribution in [0, 0.1) is 13.8 Å².